The fourth-order valence-corrected chi connectivity index (χ4v) is 4.63. The van der Waals surface area contributed by atoms with Crippen LogP contribution in [0.25, 0.3) is 10.2 Å². The number of nitrogens with one attached hydrogen (secondary N) is 3. The number of nitrogens with zero attached hydrogens (tertiary/aromatic N) is 4. The first-order valence-electron chi connectivity index (χ1n) is 10.2. The normalized spacial score (nSPS) is 14.3. The van der Waals surface area contributed by atoms with E-state index < -0.39 is 0 Å². The lowest BCUT2D eigenvalue weighted by Gasteiger charge is -2.26. The Labute approximate surface area is 198 Å². The van der Waals surface area contributed by atoms with Crippen LogP contribution in [-0.4, -0.2) is 65.2 Å². The van der Waals surface area contributed by atoms with Crippen LogP contribution in [0.4, 0.5) is 16.9 Å². The molecule has 11 heteroatoms. The number of ether oxygens (including phenoxy) is 1. The molecule has 0 unspecified atom stereocenters. The summed E-state index contributed by atoms with van der Waals surface area (Å²) < 4.78 is 7.55. The summed E-state index contributed by atoms with van der Waals surface area (Å²) in [5.74, 6) is 0.951. The maximum absolute atomic E-state index is 11.3. The molecule has 1 aliphatic heterocycles. The second-order valence-electron chi connectivity index (χ2n) is 7.13. The van der Waals surface area contributed by atoms with E-state index in [0.717, 1.165) is 51.8 Å². The van der Waals surface area contributed by atoms with E-state index in [-0.39, 0.29) is 5.91 Å². The van der Waals surface area contributed by atoms with Gasteiger partial charge in [0.25, 0.3) is 0 Å². The number of amides is 1. The summed E-state index contributed by atoms with van der Waals surface area (Å²) in [6.45, 7) is 8.29. The summed E-state index contributed by atoms with van der Waals surface area (Å²) >= 11 is 5.07. The number of hydrogen-bond acceptors (Lipinski definition) is 9. The van der Waals surface area contributed by atoms with Gasteiger partial charge in [0.15, 0.2) is 5.13 Å². The standard InChI is InChI=1S/C21H24BrN7O2S/c1-2-19(30)23-5-6-24-20-25-15(13-29-7-9-31-10-8-29)12-18(27-20)28-21-26-16-4-3-14(22)11-17(16)32-21/h2-4,11-12H,1,5-10,13H2,(H,23,30)(H2,24,25,26,27,28). The first-order valence-corrected chi connectivity index (χ1v) is 11.9. The molecule has 1 amide bonds. The number of hydrogen-bond donors (Lipinski definition) is 3. The number of rotatable bonds is 9. The molecule has 1 saturated heterocycles. The predicted octanol–water partition coefficient (Wildman–Crippen LogP) is 3.14. The fourth-order valence-electron chi connectivity index (χ4n) is 3.20. The highest BCUT2D eigenvalue weighted by atomic mass is 79.9. The number of morpholine rings is 1. The van der Waals surface area contributed by atoms with Crippen molar-refractivity contribution in [2.75, 3.05) is 50.0 Å². The predicted molar refractivity (Wildman–Crippen MR) is 130 cm³/mol. The van der Waals surface area contributed by atoms with Crippen molar-refractivity contribution in [3.8, 4) is 0 Å². The molecule has 0 aliphatic carbocycles. The number of carbonyl (C=O) groups excluding carboxylic acids is 1. The fraction of sp³-hybridized carbons (Fsp3) is 0.333. The van der Waals surface area contributed by atoms with Crippen molar-refractivity contribution in [2.24, 2.45) is 0 Å². The van der Waals surface area contributed by atoms with Gasteiger partial charge in [0, 0.05) is 43.3 Å². The molecule has 1 aromatic carbocycles. The molecular formula is C21H24BrN7O2S. The van der Waals surface area contributed by atoms with Crippen molar-refractivity contribution in [3.63, 3.8) is 0 Å². The van der Waals surface area contributed by atoms with Gasteiger partial charge in [-0.25, -0.2) is 9.97 Å². The molecule has 1 aliphatic rings. The summed E-state index contributed by atoms with van der Waals surface area (Å²) in [6.07, 6.45) is 1.25. The van der Waals surface area contributed by atoms with Gasteiger partial charge in [-0.1, -0.05) is 33.8 Å². The van der Waals surface area contributed by atoms with E-state index in [2.05, 4.69) is 58.3 Å². The van der Waals surface area contributed by atoms with Crippen LogP contribution < -0.4 is 16.0 Å². The van der Waals surface area contributed by atoms with Crippen LogP contribution in [0.1, 0.15) is 5.69 Å². The topological polar surface area (TPSA) is 104 Å². The van der Waals surface area contributed by atoms with Gasteiger partial charge in [-0.05, 0) is 24.3 Å². The first kappa shape index (κ1) is 22.6. The van der Waals surface area contributed by atoms with E-state index in [1.807, 2.05) is 24.3 Å². The van der Waals surface area contributed by atoms with Crippen molar-refractivity contribution >= 4 is 60.3 Å². The van der Waals surface area contributed by atoms with Gasteiger partial charge < -0.3 is 20.7 Å². The average molecular weight is 518 g/mol. The number of thiazole rings is 1. The van der Waals surface area contributed by atoms with Crippen LogP contribution in [0, 0.1) is 0 Å². The largest absolute Gasteiger partial charge is 0.379 e. The quantitative estimate of drug-likeness (QED) is 0.293. The molecule has 32 heavy (non-hydrogen) atoms. The maximum Gasteiger partial charge on any atom is 0.243 e. The lowest BCUT2D eigenvalue weighted by atomic mass is 10.3. The Morgan fingerprint density at radius 2 is 2.06 bits per heavy atom. The molecule has 1 fully saturated rings. The molecular weight excluding hydrogens is 494 g/mol. The SMILES string of the molecule is C=CC(=O)NCCNc1nc(CN2CCOCC2)cc(Nc2nc3ccc(Br)cc3s2)n1. The number of fused-ring (bicyclic) bond motifs is 1. The molecule has 0 bridgehead atoms. The van der Waals surface area contributed by atoms with Crippen molar-refractivity contribution in [3.05, 3.63) is 47.1 Å². The third kappa shape index (κ3) is 6.22. The molecule has 3 heterocycles. The van der Waals surface area contributed by atoms with Gasteiger partial charge in [0.2, 0.25) is 11.9 Å². The van der Waals surface area contributed by atoms with E-state index in [1.54, 1.807) is 11.3 Å². The Morgan fingerprint density at radius 3 is 2.88 bits per heavy atom. The minimum atomic E-state index is -0.210. The van der Waals surface area contributed by atoms with Gasteiger partial charge in [0.05, 0.1) is 29.1 Å². The molecule has 0 saturated carbocycles. The Hall–Kier alpha value is -2.60. The van der Waals surface area contributed by atoms with Gasteiger partial charge in [-0.3, -0.25) is 9.69 Å². The second-order valence-corrected chi connectivity index (χ2v) is 9.08. The van der Waals surface area contributed by atoms with E-state index in [1.165, 1.54) is 6.08 Å². The second kappa shape index (κ2) is 10.8. The Kier molecular flexibility index (Phi) is 7.63. The molecule has 3 aromatic rings. The van der Waals surface area contributed by atoms with Crippen molar-refractivity contribution in [2.45, 2.75) is 6.54 Å². The third-order valence-electron chi connectivity index (χ3n) is 4.75. The Balaban J connectivity index is 1.50. The van der Waals surface area contributed by atoms with Gasteiger partial charge in [-0.15, -0.1) is 0 Å². The summed E-state index contributed by atoms with van der Waals surface area (Å²) in [4.78, 5) is 27.5. The molecule has 0 radical (unpaired) electrons. The van der Waals surface area contributed by atoms with Gasteiger partial charge in [0.1, 0.15) is 5.82 Å². The third-order valence-corrected chi connectivity index (χ3v) is 6.17. The van der Waals surface area contributed by atoms with Crippen LogP contribution >= 0.6 is 27.3 Å². The molecule has 0 atom stereocenters. The average Bonchev–Trinajstić information content (AvgIpc) is 3.18. The Bertz CT molecular complexity index is 1100. The number of halogens is 1. The minimum Gasteiger partial charge on any atom is -0.379 e. The molecule has 3 N–H and O–H groups in total. The zero-order chi connectivity index (χ0) is 22.3. The molecule has 0 spiro atoms. The first-order chi connectivity index (χ1) is 15.6. The zero-order valence-corrected chi connectivity index (χ0v) is 19.8. The van der Waals surface area contributed by atoms with Gasteiger partial charge >= 0.3 is 0 Å². The number of aromatic nitrogens is 3. The smallest absolute Gasteiger partial charge is 0.243 e. The van der Waals surface area contributed by atoms with Crippen LogP contribution in [0.5, 0.6) is 0 Å². The highest BCUT2D eigenvalue weighted by molar-refractivity contribution is 9.10. The molecule has 168 valence electrons. The van der Waals surface area contributed by atoms with Crippen LogP contribution in [0.15, 0.2) is 41.4 Å². The number of benzene rings is 1. The lowest BCUT2D eigenvalue weighted by Crippen LogP contribution is -2.36. The van der Waals surface area contributed by atoms with Crippen LogP contribution in [-0.2, 0) is 16.1 Å². The summed E-state index contributed by atoms with van der Waals surface area (Å²) in [5, 5.41) is 10.0. The van der Waals surface area contributed by atoms with Crippen LogP contribution in [0.3, 0.4) is 0 Å². The highest BCUT2D eigenvalue weighted by Crippen LogP contribution is 2.30. The molecule has 9 nitrogen and oxygen atoms in total. The zero-order valence-electron chi connectivity index (χ0n) is 17.4. The minimum absolute atomic E-state index is 0.210. The molecule has 2 aromatic heterocycles. The van der Waals surface area contributed by atoms with Crippen molar-refractivity contribution < 1.29 is 9.53 Å². The number of anilines is 3. The highest BCUT2D eigenvalue weighted by Gasteiger charge is 2.14. The summed E-state index contributed by atoms with van der Waals surface area (Å²) in [5.41, 5.74) is 1.82. The summed E-state index contributed by atoms with van der Waals surface area (Å²) in [6, 6.07) is 7.95. The molecule has 4 rings (SSSR count). The van der Waals surface area contributed by atoms with E-state index in [4.69, 9.17) is 4.74 Å². The van der Waals surface area contributed by atoms with E-state index in [0.29, 0.717) is 31.4 Å². The van der Waals surface area contributed by atoms with E-state index >= 15 is 0 Å². The summed E-state index contributed by atoms with van der Waals surface area (Å²) in [7, 11) is 0. The van der Waals surface area contributed by atoms with Gasteiger partial charge in [-0.2, -0.15) is 4.98 Å². The van der Waals surface area contributed by atoms with Crippen molar-refractivity contribution in [1.29, 1.82) is 0 Å². The maximum atomic E-state index is 11.3. The van der Waals surface area contributed by atoms with E-state index in [9.17, 15) is 4.79 Å². The Morgan fingerprint density at radius 1 is 1.22 bits per heavy atom. The van der Waals surface area contributed by atoms with Crippen LogP contribution in [0.2, 0.25) is 0 Å². The number of carbonyl (C=O) groups is 1. The lowest BCUT2D eigenvalue weighted by molar-refractivity contribution is -0.116. The monoisotopic (exact) mass is 517 g/mol. The van der Waals surface area contributed by atoms with Crippen molar-refractivity contribution in [1.82, 2.24) is 25.2 Å².